The normalized spacial score (nSPS) is 16.4. The smallest absolute Gasteiger partial charge is 0.363 e. The van der Waals surface area contributed by atoms with E-state index in [0.29, 0.717) is 5.76 Å². The van der Waals surface area contributed by atoms with E-state index in [2.05, 4.69) is 4.99 Å². The quantitative estimate of drug-likeness (QED) is 0.620. The van der Waals surface area contributed by atoms with E-state index in [4.69, 9.17) is 9.15 Å². The number of nitrogens with zero attached hydrogens (tertiary/aromatic N) is 1. The summed E-state index contributed by atoms with van der Waals surface area (Å²) in [4.78, 5) is 16.0. The standard InChI is InChI=1S/C16H13NO3/c1-10-5-6-11(2)12(8-10)9-13-16(18)20-15(17-13)14-4-3-7-19-14/h3-9H,1-2H3. The minimum Gasteiger partial charge on any atom is -0.459 e. The van der Waals surface area contributed by atoms with Crippen molar-refractivity contribution in [2.24, 2.45) is 4.99 Å². The number of hydrogen-bond acceptors (Lipinski definition) is 4. The van der Waals surface area contributed by atoms with E-state index in [-0.39, 0.29) is 11.6 Å². The second kappa shape index (κ2) is 4.81. The van der Waals surface area contributed by atoms with Crippen LogP contribution in [0.15, 0.2) is 51.7 Å². The highest BCUT2D eigenvalue weighted by Gasteiger charge is 2.25. The molecule has 1 aromatic carbocycles. The highest BCUT2D eigenvalue weighted by atomic mass is 16.6. The van der Waals surface area contributed by atoms with Crippen LogP contribution in [0.2, 0.25) is 0 Å². The van der Waals surface area contributed by atoms with Crippen molar-refractivity contribution >= 4 is 17.9 Å². The lowest BCUT2D eigenvalue weighted by atomic mass is 10.0. The van der Waals surface area contributed by atoms with Gasteiger partial charge in [0, 0.05) is 0 Å². The van der Waals surface area contributed by atoms with Gasteiger partial charge in [-0.3, -0.25) is 0 Å². The number of carbonyl (C=O) groups excluding carboxylic acids is 1. The fourth-order valence-corrected chi connectivity index (χ4v) is 1.98. The summed E-state index contributed by atoms with van der Waals surface area (Å²) in [5.74, 6) is 0.191. The number of rotatable bonds is 2. The van der Waals surface area contributed by atoms with E-state index in [1.165, 1.54) is 6.26 Å². The SMILES string of the molecule is Cc1ccc(C)c(C=C2N=C(c3ccco3)OC2=O)c1. The Hall–Kier alpha value is -2.62. The van der Waals surface area contributed by atoms with Crippen molar-refractivity contribution in [1.29, 1.82) is 0 Å². The van der Waals surface area contributed by atoms with Crippen LogP contribution in [0, 0.1) is 13.8 Å². The molecule has 0 fully saturated rings. The first-order valence-electron chi connectivity index (χ1n) is 6.27. The Morgan fingerprint density at radius 1 is 1.20 bits per heavy atom. The van der Waals surface area contributed by atoms with Crippen LogP contribution in [0.25, 0.3) is 6.08 Å². The average Bonchev–Trinajstić information content (AvgIpc) is 3.04. The first-order valence-corrected chi connectivity index (χ1v) is 6.27. The molecule has 0 bridgehead atoms. The number of cyclic esters (lactones) is 1. The van der Waals surface area contributed by atoms with Gasteiger partial charge in [0.15, 0.2) is 11.5 Å². The highest BCUT2D eigenvalue weighted by Crippen LogP contribution is 2.21. The molecule has 4 heteroatoms. The molecule has 2 heterocycles. The Labute approximate surface area is 116 Å². The van der Waals surface area contributed by atoms with Gasteiger partial charge in [0.1, 0.15) is 0 Å². The molecular formula is C16H13NO3. The lowest BCUT2D eigenvalue weighted by Gasteiger charge is -2.01. The monoisotopic (exact) mass is 267 g/mol. The lowest BCUT2D eigenvalue weighted by molar-refractivity contribution is -0.130. The Kier molecular flexibility index (Phi) is 2.99. The van der Waals surface area contributed by atoms with Crippen LogP contribution in [-0.4, -0.2) is 11.9 Å². The van der Waals surface area contributed by atoms with Crippen molar-refractivity contribution in [2.75, 3.05) is 0 Å². The summed E-state index contributed by atoms with van der Waals surface area (Å²) in [6.45, 7) is 4.00. The fraction of sp³-hybridized carbons (Fsp3) is 0.125. The van der Waals surface area contributed by atoms with Gasteiger partial charge in [-0.15, -0.1) is 0 Å². The molecule has 0 amide bonds. The van der Waals surface area contributed by atoms with E-state index in [9.17, 15) is 4.79 Å². The molecule has 100 valence electrons. The van der Waals surface area contributed by atoms with E-state index in [1.54, 1.807) is 18.2 Å². The number of benzene rings is 1. The zero-order chi connectivity index (χ0) is 14.1. The molecule has 0 saturated carbocycles. The maximum atomic E-state index is 11.8. The molecule has 0 N–H and O–H groups in total. The summed E-state index contributed by atoms with van der Waals surface area (Å²) >= 11 is 0. The number of furan rings is 1. The van der Waals surface area contributed by atoms with E-state index in [1.807, 2.05) is 32.0 Å². The molecule has 0 saturated heterocycles. The zero-order valence-electron chi connectivity index (χ0n) is 11.2. The van der Waals surface area contributed by atoms with Crippen molar-refractivity contribution in [3.05, 3.63) is 64.7 Å². The van der Waals surface area contributed by atoms with Crippen molar-refractivity contribution in [3.63, 3.8) is 0 Å². The molecule has 0 aliphatic carbocycles. The summed E-state index contributed by atoms with van der Waals surface area (Å²) in [6.07, 6.45) is 3.25. The fourth-order valence-electron chi connectivity index (χ4n) is 1.98. The summed E-state index contributed by atoms with van der Waals surface area (Å²) < 4.78 is 10.3. The van der Waals surface area contributed by atoms with Crippen molar-refractivity contribution < 1.29 is 13.9 Å². The van der Waals surface area contributed by atoms with Gasteiger partial charge in [-0.1, -0.05) is 23.8 Å². The predicted molar refractivity (Wildman–Crippen MR) is 75.2 cm³/mol. The molecule has 0 atom stereocenters. The summed E-state index contributed by atoms with van der Waals surface area (Å²) in [5.41, 5.74) is 3.45. The lowest BCUT2D eigenvalue weighted by Crippen LogP contribution is -2.04. The Bertz CT molecular complexity index is 724. The number of carbonyl (C=O) groups is 1. The van der Waals surface area contributed by atoms with Gasteiger partial charge in [0.2, 0.25) is 0 Å². The van der Waals surface area contributed by atoms with Gasteiger partial charge in [-0.25, -0.2) is 9.79 Å². The van der Waals surface area contributed by atoms with Gasteiger partial charge in [-0.2, -0.15) is 0 Å². The summed E-state index contributed by atoms with van der Waals surface area (Å²) in [7, 11) is 0. The largest absolute Gasteiger partial charge is 0.459 e. The van der Waals surface area contributed by atoms with Crippen LogP contribution in [0.5, 0.6) is 0 Å². The molecule has 0 radical (unpaired) electrons. The number of ether oxygens (including phenoxy) is 1. The van der Waals surface area contributed by atoms with Gasteiger partial charge < -0.3 is 9.15 Å². The van der Waals surface area contributed by atoms with E-state index >= 15 is 0 Å². The first-order chi connectivity index (χ1) is 9.63. The minimum atomic E-state index is -0.461. The summed E-state index contributed by atoms with van der Waals surface area (Å²) in [6, 6.07) is 9.47. The van der Waals surface area contributed by atoms with Gasteiger partial charge in [-0.05, 0) is 43.2 Å². The number of aryl methyl sites for hydroxylation is 2. The average molecular weight is 267 g/mol. The maximum absolute atomic E-state index is 11.8. The Morgan fingerprint density at radius 2 is 2.05 bits per heavy atom. The zero-order valence-corrected chi connectivity index (χ0v) is 11.2. The Morgan fingerprint density at radius 3 is 2.80 bits per heavy atom. The molecule has 1 aliphatic rings. The third-order valence-corrected chi connectivity index (χ3v) is 3.08. The number of hydrogen-bond donors (Lipinski definition) is 0. The highest BCUT2D eigenvalue weighted by molar-refractivity contribution is 6.11. The molecule has 2 aromatic rings. The predicted octanol–water partition coefficient (Wildman–Crippen LogP) is 3.24. The van der Waals surface area contributed by atoms with Crippen LogP contribution in [0.3, 0.4) is 0 Å². The van der Waals surface area contributed by atoms with Crippen molar-refractivity contribution in [3.8, 4) is 0 Å². The third-order valence-electron chi connectivity index (χ3n) is 3.08. The van der Waals surface area contributed by atoms with Crippen LogP contribution >= 0.6 is 0 Å². The molecule has 0 spiro atoms. The van der Waals surface area contributed by atoms with Crippen LogP contribution in [-0.2, 0) is 9.53 Å². The molecular weight excluding hydrogens is 254 g/mol. The van der Waals surface area contributed by atoms with Gasteiger partial charge >= 0.3 is 5.97 Å². The third kappa shape index (κ3) is 2.28. The molecule has 1 aromatic heterocycles. The van der Waals surface area contributed by atoms with Gasteiger partial charge in [0.05, 0.1) is 6.26 Å². The Balaban J connectivity index is 1.99. The van der Waals surface area contributed by atoms with E-state index in [0.717, 1.165) is 16.7 Å². The van der Waals surface area contributed by atoms with Crippen LogP contribution in [0.1, 0.15) is 22.5 Å². The topological polar surface area (TPSA) is 51.8 Å². The molecule has 3 rings (SSSR count). The van der Waals surface area contributed by atoms with Gasteiger partial charge in [0.25, 0.3) is 5.90 Å². The van der Waals surface area contributed by atoms with Crippen LogP contribution < -0.4 is 0 Å². The first kappa shape index (κ1) is 12.4. The molecule has 0 unspecified atom stereocenters. The van der Waals surface area contributed by atoms with Crippen molar-refractivity contribution in [1.82, 2.24) is 0 Å². The summed E-state index contributed by atoms with van der Waals surface area (Å²) in [5, 5.41) is 0. The minimum absolute atomic E-state index is 0.205. The van der Waals surface area contributed by atoms with Crippen LogP contribution in [0.4, 0.5) is 0 Å². The molecule has 1 aliphatic heterocycles. The maximum Gasteiger partial charge on any atom is 0.363 e. The second-order valence-corrected chi connectivity index (χ2v) is 4.67. The number of aliphatic imine (C=N–C) groups is 1. The number of esters is 1. The molecule has 20 heavy (non-hydrogen) atoms. The second-order valence-electron chi connectivity index (χ2n) is 4.67. The van der Waals surface area contributed by atoms with E-state index < -0.39 is 5.97 Å². The molecule has 4 nitrogen and oxygen atoms in total. The van der Waals surface area contributed by atoms with Crippen molar-refractivity contribution in [2.45, 2.75) is 13.8 Å².